The zero-order valence-electron chi connectivity index (χ0n) is 5.88. The average Bonchev–Trinajstić information content (AvgIpc) is 2.36. The van der Waals surface area contributed by atoms with Crippen LogP contribution < -0.4 is 5.56 Å². The van der Waals surface area contributed by atoms with Crippen molar-refractivity contribution in [1.29, 1.82) is 0 Å². The third kappa shape index (κ3) is 0.813. The molecule has 0 saturated carbocycles. The molecule has 5 nitrogen and oxygen atoms in total. The zero-order valence-corrected chi connectivity index (χ0v) is 5.88. The van der Waals surface area contributed by atoms with Gasteiger partial charge in [-0.25, -0.2) is 4.98 Å². The fraction of sp³-hybridized carbons (Fsp3) is 0.167. The van der Waals surface area contributed by atoms with Crippen molar-refractivity contribution in [2.75, 3.05) is 0 Å². The zero-order chi connectivity index (χ0) is 7.84. The van der Waals surface area contributed by atoms with Crippen molar-refractivity contribution in [3.8, 4) is 0 Å². The van der Waals surface area contributed by atoms with Crippen molar-refractivity contribution < 1.29 is 0 Å². The van der Waals surface area contributed by atoms with Crippen LogP contribution in [0.3, 0.4) is 0 Å². The first-order chi connectivity index (χ1) is 5.27. The Labute approximate surface area is 61.5 Å². The number of H-pyrrole nitrogens is 2. The van der Waals surface area contributed by atoms with Gasteiger partial charge in [-0.2, -0.15) is 5.10 Å². The maximum atomic E-state index is 11.0. The second kappa shape index (κ2) is 1.91. The summed E-state index contributed by atoms with van der Waals surface area (Å²) in [4.78, 5) is 17.6. The Morgan fingerprint density at radius 2 is 2.36 bits per heavy atom. The highest BCUT2D eigenvalue weighted by Crippen LogP contribution is 1.99. The molecule has 2 rings (SSSR count). The van der Waals surface area contributed by atoms with Crippen LogP contribution in [0.5, 0.6) is 0 Å². The molecule has 0 aliphatic carbocycles. The molecule has 56 valence electrons. The molecule has 11 heavy (non-hydrogen) atoms. The lowest BCUT2D eigenvalue weighted by atomic mass is 10.5. The number of nitrogens with zero attached hydrogens (tertiary/aromatic N) is 2. The summed E-state index contributed by atoms with van der Waals surface area (Å²) in [6.45, 7) is 1.65. The van der Waals surface area contributed by atoms with E-state index in [4.69, 9.17) is 0 Å². The summed E-state index contributed by atoms with van der Waals surface area (Å²) in [7, 11) is 0. The van der Waals surface area contributed by atoms with E-state index in [0.717, 1.165) is 0 Å². The number of hydrogen-bond acceptors (Lipinski definition) is 3. The van der Waals surface area contributed by atoms with E-state index in [2.05, 4.69) is 20.2 Å². The highest BCUT2D eigenvalue weighted by atomic mass is 16.1. The predicted octanol–water partition coefficient (Wildman–Crippen LogP) is -0.0454. The highest BCUT2D eigenvalue weighted by molar-refractivity contribution is 5.67. The molecule has 2 N–H and O–H groups in total. The average molecular weight is 150 g/mol. The van der Waals surface area contributed by atoms with Crippen LogP contribution in [0.4, 0.5) is 0 Å². The standard InChI is InChI=1S/C6H6N4O/c1-3-6(11)9-4-2-7-10-5(4)8-3/h2H,1H3,(H,9,11)(H,7,8,10). The number of aromatic nitrogens is 4. The fourth-order valence-corrected chi connectivity index (χ4v) is 0.887. The van der Waals surface area contributed by atoms with Crippen LogP contribution >= 0.6 is 0 Å². The molecule has 5 heteroatoms. The fourth-order valence-electron chi connectivity index (χ4n) is 0.887. The molecular formula is C6H6N4O. The van der Waals surface area contributed by atoms with Gasteiger partial charge in [0.05, 0.1) is 6.20 Å². The maximum absolute atomic E-state index is 11.0. The SMILES string of the molecule is Cc1nc2[nH]ncc2[nH]c1=O. The first-order valence-corrected chi connectivity index (χ1v) is 3.17. The minimum absolute atomic E-state index is 0.168. The molecule has 0 aliphatic heterocycles. The largest absolute Gasteiger partial charge is 0.316 e. The number of nitrogens with one attached hydrogen (secondary N) is 2. The first kappa shape index (κ1) is 6.09. The lowest BCUT2D eigenvalue weighted by Gasteiger charge is -1.89. The van der Waals surface area contributed by atoms with Crippen LogP contribution in [0.1, 0.15) is 5.69 Å². The number of aromatic amines is 2. The molecule has 2 aromatic heterocycles. The molecule has 0 fully saturated rings. The molecule has 0 radical (unpaired) electrons. The predicted molar refractivity (Wildman–Crippen MR) is 39.2 cm³/mol. The summed E-state index contributed by atoms with van der Waals surface area (Å²) in [5.41, 5.74) is 1.53. The number of fused-ring (bicyclic) bond motifs is 1. The molecule has 0 aromatic carbocycles. The topological polar surface area (TPSA) is 74.4 Å². The van der Waals surface area contributed by atoms with Crippen LogP contribution in [-0.2, 0) is 0 Å². The van der Waals surface area contributed by atoms with Crippen molar-refractivity contribution >= 4 is 11.2 Å². The van der Waals surface area contributed by atoms with E-state index in [-0.39, 0.29) is 5.56 Å². The Morgan fingerprint density at radius 1 is 1.55 bits per heavy atom. The Morgan fingerprint density at radius 3 is 3.18 bits per heavy atom. The molecule has 0 atom stereocenters. The molecule has 0 amide bonds. The number of rotatable bonds is 0. The van der Waals surface area contributed by atoms with Gasteiger partial charge < -0.3 is 4.98 Å². The Balaban J connectivity index is 2.97. The molecule has 2 aromatic rings. The van der Waals surface area contributed by atoms with Gasteiger partial charge in [0, 0.05) is 0 Å². The quantitative estimate of drug-likeness (QED) is 0.553. The van der Waals surface area contributed by atoms with E-state index in [0.29, 0.717) is 16.9 Å². The van der Waals surface area contributed by atoms with Gasteiger partial charge in [-0.15, -0.1) is 0 Å². The van der Waals surface area contributed by atoms with E-state index < -0.39 is 0 Å². The van der Waals surface area contributed by atoms with Crippen LogP contribution in [0.2, 0.25) is 0 Å². The minimum atomic E-state index is -0.168. The normalized spacial score (nSPS) is 10.6. The Hall–Kier alpha value is -1.65. The molecule has 2 heterocycles. The van der Waals surface area contributed by atoms with Crippen molar-refractivity contribution in [2.45, 2.75) is 6.92 Å². The summed E-state index contributed by atoms with van der Waals surface area (Å²) in [5, 5.41) is 6.38. The lowest BCUT2D eigenvalue weighted by molar-refractivity contribution is 1.07. The van der Waals surface area contributed by atoms with Gasteiger partial charge in [0.2, 0.25) is 0 Å². The van der Waals surface area contributed by atoms with Gasteiger partial charge >= 0.3 is 0 Å². The van der Waals surface area contributed by atoms with Gasteiger partial charge in [0.1, 0.15) is 11.2 Å². The van der Waals surface area contributed by atoms with Gasteiger partial charge in [0.15, 0.2) is 5.65 Å². The molecule has 0 spiro atoms. The summed E-state index contributed by atoms with van der Waals surface area (Å²) in [6, 6.07) is 0. The smallest absolute Gasteiger partial charge is 0.269 e. The van der Waals surface area contributed by atoms with Crippen LogP contribution in [0.25, 0.3) is 11.2 Å². The third-order valence-electron chi connectivity index (χ3n) is 1.48. The van der Waals surface area contributed by atoms with Crippen LogP contribution in [-0.4, -0.2) is 20.2 Å². The second-order valence-electron chi connectivity index (χ2n) is 2.28. The van der Waals surface area contributed by atoms with Crippen LogP contribution in [0, 0.1) is 6.92 Å². The number of hydrogen-bond donors (Lipinski definition) is 2. The van der Waals surface area contributed by atoms with Crippen LogP contribution in [0.15, 0.2) is 11.0 Å². The molecule has 0 bridgehead atoms. The molecule has 0 unspecified atom stereocenters. The highest BCUT2D eigenvalue weighted by Gasteiger charge is 1.99. The van der Waals surface area contributed by atoms with Crippen molar-refractivity contribution in [1.82, 2.24) is 20.2 Å². The Bertz CT molecular complexity index is 441. The van der Waals surface area contributed by atoms with E-state index >= 15 is 0 Å². The maximum Gasteiger partial charge on any atom is 0.269 e. The van der Waals surface area contributed by atoms with Crippen molar-refractivity contribution in [2.24, 2.45) is 0 Å². The summed E-state index contributed by atoms with van der Waals surface area (Å²) in [6.07, 6.45) is 1.53. The second-order valence-corrected chi connectivity index (χ2v) is 2.28. The molecule has 0 aliphatic rings. The van der Waals surface area contributed by atoms with Gasteiger partial charge in [-0.05, 0) is 6.92 Å². The lowest BCUT2D eigenvalue weighted by Crippen LogP contribution is -2.10. The van der Waals surface area contributed by atoms with Crippen molar-refractivity contribution in [3.05, 3.63) is 22.2 Å². The Kier molecular flexibility index (Phi) is 1.06. The van der Waals surface area contributed by atoms with Gasteiger partial charge in [0.25, 0.3) is 5.56 Å². The minimum Gasteiger partial charge on any atom is -0.316 e. The summed E-state index contributed by atoms with van der Waals surface area (Å²) < 4.78 is 0. The van der Waals surface area contributed by atoms with Crippen molar-refractivity contribution in [3.63, 3.8) is 0 Å². The number of aryl methyl sites for hydroxylation is 1. The molecule has 0 saturated heterocycles. The first-order valence-electron chi connectivity index (χ1n) is 3.17. The van der Waals surface area contributed by atoms with E-state index in [9.17, 15) is 4.79 Å². The van der Waals surface area contributed by atoms with E-state index in [1.54, 1.807) is 6.92 Å². The third-order valence-corrected chi connectivity index (χ3v) is 1.48. The van der Waals surface area contributed by atoms with E-state index in [1.165, 1.54) is 6.20 Å². The monoisotopic (exact) mass is 150 g/mol. The van der Waals surface area contributed by atoms with Gasteiger partial charge in [-0.1, -0.05) is 0 Å². The molecular weight excluding hydrogens is 144 g/mol. The van der Waals surface area contributed by atoms with E-state index in [1.807, 2.05) is 0 Å². The summed E-state index contributed by atoms with van der Waals surface area (Å²) in [5.74, 6) is 0. The summed E-state index contributed by atoms with van der Waals surface area (Å²) >= 11 is 0. The van der Waals surface area contributed by atoms with Gasteiger partial charge in [-0.3, -0.25) is 9.89 Å².